The quantitative estimate of drug-likeness (QED) is 0.931. The molecule has 1 aromatic carbocycles. The van der Waals surface area contributed by atoms with Gasteiger partial charge in [-0.2, -0.15) is 0 Å². The summed E-state index contributed by atoms with van der Waals surface area (Å²) in [5.41, 5.74) is 8.33. The standard InChI is InChI=1S/C16H23ClN2O/c17-13-5-6-14(12(11-13)7-8-18)19-9-10-20-16-4-2-1-3-15(16)19/h5-6,11,15-16H,1-4,7-10,18H2. The SMILES string of the molecule is NCCc1cc(Cl)ccc1N1CCOC2CCCCC21. The number of hydrogen-bond donors (Lipinski definition) is 1. The Morgan fingerprint density at radius 1 is 1.30 bits per heavy atom. The molecular formula is C16H23ClN2O. The van der Waals surface area contributed by atoms with Crippen molar-refractivity contribution in [3.05, 3.63) is 28.8 Å². The Morgan fingerprint density at radius 3 is 3.00 bits per heavy atom. The second kappa shape index (κ2) is 6.33. The van der Waals surface area contributed by atoms with Gasteiger partial charge in [-0.25, -0.2) is 0 Å². The molecule has 1 aliphatic carbocycles. The lowest BCUT2D eigenvalue weighted by molar-refractivity contribution is -0.00873. The van der Waals surface area contributed by atoms with Crippen LogP contribution >= 0.6 is 11.6 Å². The molecule has 1 saturated carbocycles. The molecular weight excluding hydrogens is 272 g/mol. The van der Waals surface area contributed by atoms with Gasteiger partial charge >= 0.3 is 0 Å². The van der Waals surface area contributed by atoms with E-state index in [0.29, 0.717) is 18.7 Å². The molecule has 0 spiro atoms. The lowest BCUT2D eigenvalue weighted by atomic mass is 9.89. The van der Waals surface area contributed by atoms with Crippen LogP contribution in [0.5, 0.6) is 0 Å². The van der Waals surface area contributed by atoms with Crippen LogP contribution in [0, 0.1) is 0 Å². The van der Waals surface area contributed by atoms with E-state index in [0.717, 1.165) is 24.6 Å². The molecule has 1 aromatic rings. The van der Waals surface area contributed by atoms with Crippen LogP contribution in [-0.2, 0) is 11.2 Å². The summed E-state index contributed by atoms with van der Waals surface area (Å²) < 4.78 is 5.96. The van der Waals surface area contributed by atoms with Crippen LogP contribution in [0.4, 0.5) is 5.69 Å². The molecule has 2 atom stereocenters. The minimum Gasteiger partial charge on any atom is -0.374 e. The van der Waals surface area contributed by atoms with Crippen LogP contribution in [-0.4, -0.2) is 31.8 Å². The second-order valence-corrected chi connectivity index (χ2v) is 6.20. The maximum absolute atomic E-state index is 6.14. The van der Waals surface area contributed by atoms with Gasteiger partial charge in [0.2, 0.25) is 0 Å². The molecule has 2 fully saturated rings. The van der Waals surface area contributed by atoms with Gasteiger partial charge in [-0.05, 0) is 49.6 Å². The second-order valence-electron chi connectivity index (χ2n) is 5.77. The molecule has 20 heavy (non-hydrogen) atoms. The van der Waals surface area contributed by atoms with E-state index in [9.17, 15) is 0 Å². The molecule has 0 radical (unpaired) electrons. The highest BCUT2D eigenvalue weighted by Crippen LogP contribution is 2.34. The number of hydrogen-bond acceptors (Lipinski definition) is 3. The topological polar surface area (TPSA) is 38.5 Å². The smallest absolute Gasteiger partial charge is 0.0779 e. The zero-order chi connectivity index (χ0) is 13.9. The highest BCUT2D eigenvalue weighted by atomic mass is 35.5. The molecule has 4 heteroatoms. The number of ether oxygens (including phenoxy) is 1. The lowest BCUT2D eigenvalue weighted by Crippen LogP contribution is -2.53. The summed E-state index contributed by atoms with van der Waals surface area (Å²) in [7, 11) is 0. The normalized spacial score (nSPS) is 26.4. The first-order chi connectivity index (χ1) is 9.79. The lowest BCUT2D eigenvalue weighted by Gasteiger charge is -2.45. The molecule has 1 aliphatic heterocycles. The molecule has 2 unspecified atom stereocenters. The third kappa shape index (κ3) is 2.80. The monoisotopic (exact) mass is 294 g/mol. The summed E-state index contributed by atoms with van der Waals surface area (Å²) in [6.45, 7) is 2.46. The number of halogens is 1. The van der Waals surface area contributed by atoms with Crippen LogP contribution in [0.1, 0.15) is 31.2 Å². The van der Waals surface area contributed by atoms with E-state index in [-0.39, 0.29) is 0 Å². The van der Waals surface area contributed by atoms with Crippen molar-refractivity contribution in [1.29, 1.82) is 0 Å². The van der Waals surface area contributed by atoms with Crippen molar-refractivity contribution >= 4 is 17.3 Å². The predicted octanol–water partition coefficient (Wildman–Crippen LogP) is 2.99. The van der Waals surface area contributed by atoms with Gasteiger partial charge in [0.05, 0.1) is 18.8 Å². The third-order valence-electron chi connectivity index (χ3n) is 4.50. The predicted molar refractivity (Wildman–Crippen MR) is 83.6 cm³/mol. The van der Waals surface area contributed by atoms with Crippen molar-refractivity contribution in [3.8, 4) is 0 Å². The number of rotatable bonds is 3. The summed E-state index contributed by atoms with van der Waals surface area (Å²) in [5.74, 6) is 0. The third-order valence-corrected chi connectivity index (χ3v) is 4.73. The first-order valence-corrected chi connectivity index (χ1v) is 8.04. The fraction of sp³-hybridized carbons (Fsp3) is 0.625. The van der Waals surface area contributed by atoms with E-state index >= 15 is 0 Å². The molecule has 1 heterocycles. The molecule has 1 saturated heterocycles. The van der Waals surface area contributed by atoms with Crippen LogP contribution in [0.15, 0.2) is 18.2 Å². The zero-order valence-electron chi connectivity index (χ0n) is 11.9. The maximum atomic E-state index is 6.14. The van der Waals surface area contributed by atoms with E-state index in [1.54, 1.807) is 0 Å². The molecule has 110 valence electrons. The number of benzene rings is 1. The molecule has 3 nitrogen and oxygen atoms in total. The number of fused-ring (bicyclic) bond motifs is 1. The van der Waals surface area contributed by atoms with Crippen LogP contribution in [0.3, 0.4) is 0 Å². The fourth-order valence-corrected chi connectivity index (χ4v) is 3.78. The van der Waals surface area contributed by atoms with Gasteiger partial charge in [0.1, 0.15) is 0 Å². The average Bonchev–Trinajstić information content (AvgIpc) is 2.47. The van der Waals surface area contributed by atoms with E-state index in [1.165, 1.54) is 36.9 Å². The fourth-order valence-electron chi connectivity index (χ4n) is 3.59. The van der Waals surface area contributed by atoms with Crippen molar-refractivity contribution in [2.45, 2.75) is 44.2 Å². The number of anilines is 1. The summed E-state index contributed by atoms with van der Waals surface area (Å²) >= 11 is 6.14. The molecule has 0 bridgehead atoms. The minimum absolute atomic E-state index is 0.402. The van der Waals surface area contributed by atoms with Crippen molar-refractivity contribution in [2.75, 3.05) is 24.6 Å². The van der Waals surface area contributed by atoms with E-state index < -0.39 is 0 Å². The van der Waals surface area contributed by atoms with Crippen molar-refractivity contribution in [2.24, 2.45) is 5.73 Å². The maximum Gasteiger partial charge on any atom is 0.0779 e. The van der Waals surface area contributed by atoms with E-state index in [2.05, 4.69) is 17.0 Å². The van der Waals surface area contributed by atoms with Crippen LogP contribution in [0.2, 0.25) is 5.02 Å². The highest BCUT2D eigenvalue weighted by molar-refractivity contribution is 6.30. The first kappa shape index (κ1) is 14.2. The Bertz CT molecular complexity index is 464. The number of morpholine rings is 1. The molecule has 2 aliphatic rings. The van der Waals surface area contributed by atoms with Gasteiger partial charge in [-0.1, -0.05) is 24.4 Å². The molecule has 3 rings (SSSR count). The largest absolute Gasteiger partial charge is 0.374 e. The van der Waals surface area contributed by atoms with Crippen LogP contribution in [0.25, 0.3) is 0 Å². The molecule has 2 N–H and O–H groups in total. The van der Waals surface area contributed by atoms with Gasteiger partial charge in [-0.15, -0.1) is 0 Å². The van der Waals surface area contributed by atoms with Crippen molar-refractivity contribution in [1.82, 2.24) is 0 Å². The van der Waals surface area contributed by atoms with Gasteiger partial charge in [0.25, 0.3) is 0 Å². The number of nitrogens with two attached hydrogens (primary N) is 1. The van der Waals surface area contributed by atoms with Gasteiger partial charge < -0.3 is 15.4 Å². The van der Waals surface area contributed by atoms with E-state index in [1.807, 2.05) is 6.07 Å². The van der Waals surface area contributed by atoms with Crippen LogP contribution < -0.4 is 10.6 Å². The summed E-state index contributed by atoms with van der Waals surface area (Å²) in [4.78, 5) is 2.54. The Hall–Kier alpha value is -0.770. The summed E-state index contributed by atoms with van der Waals surface area (Å²) in [6, 6.07) is 6.74. The number of nitrogens with zero attached hydrogens (tertiary/aromatic N) is 1. The van der Waals surface area contributed by atoms with Crippen molar-refractivity contribution in [3.63, 3.8) is 0 Å². The summed E-state index contributed by atoms with van der Waals surface area (Å²) in [6.07, 6.45) is 6.31. The minimum atomic E-state index is 0.402. The Labute approximate surface area is 126 Å². The van der Waals surface area contributed by atoms with Gasteiger partial charge in [-0.3, -0.25) is 0 Å². The molecule has 0 amide bonds. The average molecular weight is 295 g/mol. The summed E-state index contributed by atoms with van der Waals surface area (Å²) in [5, 5.41) is 0.797. The zero-order valence-corrected chi connectivity index (χ0v) is 12.6. The van der Waals surface area contributed by atoms with Gasteiger partial charge in [0.15, 0.2) is 0 Å². The van der Waals surface area contributed by atoms with Crippen molar-refractivity contribution < 1.29 is 4.74 Å². The Morgan fingerprint density at radius 2 is 2.15 bits per heavy atom. The van der Waals surface area contributed by atoms with E-state index in [4.69, 9.17) is 22.1 Å². The molecule has 0 aromatic heterocycles. The Kier molecular flexibility index (Phi) is 4.49. The Balaban J connectivity index is 1.90. The first-order valence-electron chi connectivity index (χ1n) is 7.66. The van der Waals surface area contributed by atoms with Gasteiger partial charge in [0, 0.05) is 17.3 Å². The highest BCUT2D eigenvalue weighted by Gasteiger charge is 2.34.